The molecule has 0 aliphatic rings. The Hall–Kier alpha value is -2.44. The van der Waals surface area contributed by atoms with Crippen LogP contribution in [-0.4, -0.2) is 40.1 Å². The lowest BCUT2D eigenvalue weighted by molar-refractivity contribution is -0.131. The molecule has 30 heavy (non-hydrogen) atoms. The van der Waals surface area contributed by atoms with E-state index in [1.54, 1.807) is 6.07 Å². The minimum Gasteiger partial charge on any atom is -0.342 e. The molecule has 0 aliphatic carbocycles. The zero-order valence-electron chi connectivity index (χ0n) is 17.4. The summed E-state index contributed by atoms with van der Waals surface area (Å²) in [6, 6.07) is 13.4. The van der Waals surface area contributed by atoms with Crippen LogP contribution in [0, 0.1) is 6.92 Å². The summed E-state index contributed by atoms with van der Waals surface area (Å²) in [6.45, 7) is 7.56. The number of anilines is 1. The molecule has 0 fully saturated rings. The van der Waals surface area contributed by atoms with E-state index in [9.17, 15) is 9.59 Å². The number of amides is 2. The highest BCUT2D eigenvalue weighted by Gasteiger charge is 2.15. The minimum absolute atomic E-state index is 0.0892. The summed E-state index contributed by atoms with van der Waals surface area (Å²) in [5.41, 5.74) is 2.64. The van der Waals surface area contributed by atoms with Crippen molar-refractivity contribution >= 4 is 51.8 Å². The zero-order chi connectivity index (χ0) is 21.7. The van der Waals surface area contributed by atoms with E-state index < -0.39 is 0 Å². The molecule has 0 unspecified atom stereocenters. The summed E-state index contributed by atoms with van der Waals surface area (Å²) >= 11 is 7.59. The van der Waals surface area contributed by atoms with Gasteiger partial charge in [-0.25, -0.2) is 0 Å². The SMILES string of the molecule is CCN(CC)C(=O)Cn1cc(SCC(=O)Nc2ccc(C)c(Cl)c2)c2ccccc21. The monoisotopic (exact) mass is 443 g/mol. The number of rotatable bonds is 8. The number of nitrogens with zero attached hydrogens (tertiary/aromatic N) is 2. The van der Waals surface area contributed by atoms with Gasteiger partial charge in [0.15, 0.2) is 0 Å². The quantitative estimate of drug-likeness (QED) is 0.486. The second kappa shape index (κ2) is 10.0. The van der Waals surface area contributed by atoms with Crippen LogP contribution in [-0.2, 0) is 16.1 Å². The van der Waals surface area contributed by atoms with Crippen LogP contribution in [0.3, 0.4) is 0 Å². The lowest BCUT2D eigenvalue weighted by atomic mass is 10.2. The summed E-state index contributed by atoms with van der Waals surface area (Å²) in [5.74, 6) is 0.256. The predicted octanol–water partition coefficient (Wildman–Crippen LogP) is 5.20. The molecule has 0 atom stereocenters. The first kappa shape index (κ1) is 22.2. The van der Waals surface area contributed by atoms with E-state index in [1.165, 1.54) is 11.8 Å². The third-order valence-corrected chi connectivity index (χ3v) is 6.44. The molecule has 0 saturated carbocycles. The normalized spacial score (nSPS) is 10.9. The molecule has 158 valence electrons. The molecule has 3 aromatic rings. The van der Waals surface area contributed by atoms with Gasteiger partial charge in [0.1, 0.15) is 6.54 Å². The van der Waals surface area contributed by atoms with Gasteiger partial charge in [0.25, 0.3) is 0 Å². The molecule has 5 nitrogen and oxygen atoms in total. The average molecular weight is 444 g/mol. The number of carbonyl (C=O) groups excluding carboxylic acids is 2. The first-order valence-corrected chi connectivity index (χ1v) is 11.3. The molecule has 2 aromatic carbocycles. The number of halogens is 1. The van der Waals surface area contributed by atoms with Crippen molar-refractivity contribution in [2.24, 2.45) is 0 Å². The van der Waals surface area contributed by atoms with E-state index in [0.717, 1.165) is 21.4 Å². The van der Waals surface area contributed by atoms with Crippen molar-refractivity contribution in [3.8, 4) is 0 Å². The highest BCUT2D eigenvalue weighted by molar-refractivity contribution is 8.00. The van der Waals surface area contributed by atoms with Gasteiger partial charge in [-0.05, 0) is 44.5 Å². The number of thioether (sulfide) groups is 1. The smallest absolute Gasteiger partial charge is 0.242 e. The molecule has 0 bridgehead atoms. The first-order valence-electron chi connectivity index (χ1n) is 9.97. The number of carbonyl (C=O) groups is 2. The molecule has 0 saturated heterocycles. The van der Waals surface area contributed by atoms with E-state index >= 15 is 0 Å². The number of hydrogen-bond donors (Lipinski definition) is 1. The number of benzene rings is 2. The van der Waals surface area contributed by atoms with Crippen LogP contribution in [0.5, 0.6) is 0 Å². The Balaban J connectivity index is 1.72. The highest BCUT2D eigenvalue weighted by Crippen LogP contribution is 2.30. The van der Waals surface area contributed by atoms with Crippen molar-refractivity contribution < 1.29 is 9.59 Å². The van der Waals surface area contributed by atoms with Gasteiger partial charge in [-0.2, -0.15) is 0 Å². The third kappa shape index (κ3) is 5.18. The van der Waals surface area contributed by atoms with Crippen molar-refractivity contribution in [3.05, 3.63) is 59.2 Å². The maximum absolute atomic E-state index is 12.6. The Morgan fingerprint density at radius 3 is 2.57 bits per heavy atom. The molecule has 1 heterocycles. The molecule has 1 aromatic heterocycles. The zero-order valence-corrected chi connectivity index (χ0v) is 19.0. The fraction of sp³-hybridized carbons (Fsp3) is 0.304. The van der Waals surface area contributed by atoms with Gasteiger partial charge in [0, 0.05) is 45.8 Å². The van der Waals surface area contributed by atoms with Crippen LogP contribution in [0.2, 0.25) is 5.02 Å². The topological polar surface area (TPSA) is 54.3 Å². The van der Waals surface area contributed by atoms with Crippen LogP contribution in [0.15, 0.2) is 53.6 Å². The maximum Gasteiger partial charge on any atom is 0.242 e. The summed E-state index contributed by atoms with van der Waals surface area (Å²) in [6.07, 6.45) is 1.97. The molecule has 3 rings (SSSR count). The molecule has 7 heteroatoms. The van der Waals surface area contributed by atoms with Crippen LogP contribution in [0.1, 0.15) is 19.4 Å². The molecule has 1 N–H and O–H groups in total. The number of likely N-dealkylation sites (N-methyl/N-ethyl adjacent to an activating group) is 1. The number of aromatic nitrogens is 1. The van der Waals surface area contributed by atoms with Crippen molar-refractivity contribution in [3.63, 3.8) is 0 Å². The Morgan fingerprint density at radius 2 is 1.87 bits per heavy atom. The standard InChI is InChI=1S/C23H26ClN3O2S/c1-4-26(5-2)23(29)14-27-13-21(18-8-6-7-9-20(18)27)30-15-22(28)25-17-11-10-16(3)19(24)12-17/h6-13H,4-5,14-15H2,1-3H3,(H,25,28). The number of nitrogens with one attached hydrogen (secondary N) is 1. The molecule has 2 amide bonds. The number of hydrogen-bond acceptors (Lipinski definition) is 3. The molecule has 0 spiro atoms. The summed E-state index contributed by atoms with van der Waals surface area (Å²) in [5, 5.41) is 4.55. The molecule has 0 radical (unpaired) electrons. The van der Waals surface area contributed by atoms with Gasteiger partial charge < -0.3 is 14.8 Å². The van der Waals surface area contributed by atoms with Gasteiger partial charge in [-0.3, -0.25) is 9.59 Å². The van der Waals surface area contributed by atoms with Crippen LogP contribution >= 0.6 is 23.4 Å². The Labute approximate surface area is 186 Å². The van der Waals surface area contributed by atoms with Gasteiger partial charge >= 0.3 is 0 Å². The average Bonchev–Trinajstić information content (AvgIpc) is 3.08. The number of para-hydroxylation sites is 1. The summed E-state index contributed by atoms with van der Waals surface area (Å²) in [4.78, 5) is 27.8. The molecule has 0 aliphatic heterocycles. The predicted molar refractivity (Wildman–Crippen MR) is 125 cm³/mol. The number of aryl methyl sites for hydroxylation is 1. The van der Waals surface area contributed by atoms with Crippen molar-refractivity contribution in [1.29, 1.82) is 0 Å². The van der Waals surface area contributed by atoms with E-state index in [1.807, 2.05) is 72.8 Å². The summed E-state index contributed by atoms with van der Waals surface area (Å²) in [7, 11) is 0. The summed E-state index contributed by atoms with van der Waals surface area (Å²) < 4.78 is 1.97. The van der Waals surface area contributed by atoms with Gasteiger partial charge in [-0.15, -0.1) is 11.8 Å². The Bertz CT molecular complexity index is 1060. The second-order valence-corrected chi connectivity index (χ2v) is 8.43. The van der Waals surface area contributed by atoms with Crippen LogP contribution in [0.4, 0.5) is 5.69 Å². The van der Waals surface area contributed by atoms with Crippen LogP contribution < -0.4 is 5.32 Å². The Morgan fingerprint density at radius 1 is 1.13 bits per heavy atom. The molecular formula is C23H26ClN3O2S. The fourth-order valence-corrected chi connectivity index (χ4v) is 4.36. The van der Waals surface area contributed by atoms with E-state index in [2.05, 4.69) is 5.32 Å². The third-order valence-electron chi connectivity index (χ3n) is 4.99. The van der Waals surface area contributed by atoms with Crippen molar-refractivity contribution in [2.75, 3.05) is 24.2 Å². The lowest BCUT2D eigenvalue weighted by Crippen LogP contribution is -2.33. The van der Waals surface area contributed by atoms with Gasteiger partial charge in [0.05, 0.1) is 5.75 Å². The minimum atomic E-state index is -0.101. The first-order chi connectivity index (χ1) is 14.4. The van der Waals surface area contributed by atoms with E-state index in [0.29, 0.717) is 23.8 Å². The largest absolute Gasteiger partial charge is 0.342 e. The van der Waals surface area contributed by atoms with E-state index in [-0.39, 0.29) is 24.1 Å². The highest BCUT2D eigenvalue weighted by atomic mass is 35.5. The van der Waals surface area contributed by atoms with Gasteiger partial charge in [-0.1, -0.05) is 35.9 Å². The van der Waals surface area contributed by atoms with Crippen molar-refractivity contribution in [1.82, 2.24) is 9.47 Å². The Kier molecular flexibility index (Phi) is 7.45. The maximum atomic E-state index is 12.6. The number of fused-ring (bicyclic) bond motifs is 1. The van der Waals surface area contributed by atoms with E-state index in [4.69, 9.17) is 11.6 Å². The van der Waals surface area contributed by atoms with Crippen molar-refractivity contribution in [2.45, 2.75) is 32.2 Å². The second-order valence-electron chi connectivity index (χ2n) is 7.01. The molecular weight excluding hydrogens is 418 g/mol. The van der Waals surface area contributed by atoms with Gasteiger partial charge in [0.2, 0.25) is 11.8 Å². The lowest BCUT2D eigenvalue weighted by Gasteiger charge is -2.19. The van der Waals surface area contributed by atoms with Crippen LogP contribution in [0.25, 0.3) is 10.9 Å². The fourth-order valence-electron chi connectivity index (χ4n) is 3.29.